The first kappa shape index (κ1) is 13.9. The minimum absolute atomic E-state index is 0.126. The van der Waals surface area contributed by atoms with Crippen LogP contribution in [-0.2, 0) is 6.42 Å². The molecule has 0 unspecified atom stereocenters. The van der Waals surface area contributed by atoms with E-state index in [9.17, 15) is 4.79 Å². The maximum atomic E-state index is 11.9. The molecule has 2 heterocycles. The average molecular weight is 284 g/mol. The third-order valence-corrected chi connectivity index (χ3v) is 3.70. The molecule has 4 nitrogen and oxygen atoms in total. The zero-order valence-corrected chi connectivity index (χ0v) is 12.9. The van der Waals surface area contributed by atoms with E-state index in [-0.39, 0.29) is 17.1 Å². The summed E-state index contributed by atoms with van der Waals surface area (Å²) in [6, 6.07) is 7.56. The quantitative estimate of drug-likeness (QED) is 0.920. The van der Waals surface area contributed by atoms with Crippen LogP contribution in [-0.4, -0.2) is 15.6 Å². The van der Waals surface area contributed by atoms with Crippen molar-refractivity contribution in [1.82, 2.24) is 9.97 Å². The normalized spacial score (nSPS) is 15.9. The molecule has 1 aliphatic rings. The molecule has 110 valence electrons. The van der Waals surface area contributed by atoms with Crippen molar-refractivity contribution in [3.05, 3.63) is 45.9 Å². The number of H-pyrrole nitrogens is 1. The van der Waals surface area contributed by atoms with Crippen molar-refractivity contribution in [2.75, 3.05) is 0 Å². The molecule has 0 bridgehead atoms. The number of fused-ring (bicyclic) bond motifs is 1. The zero-order valence-electron chi connectivity index (χ0n) is 12.9. The number of rotatable bonds is 2. The molecular weight excluding hydrogens is 264 g/mol. The first-order valence-corrected chi connectivity index (χ1v) is 7.28. The fraction of sp³-hybridized carbons (Fsp3) is 0.412. The van der Waals surface area contributed by atoms with Crippen LogP contribution in [0.5, 0.6) is 5.75 Å². The Kier molecular flexibility index (Phi) is 3.12. The molecule has 0 aliphatic carbocycles. The minimum Gasteiger partial charge on any atom is -0.486 e. The monoisotopic (exact) mass is 284 g/mol. The molecule has 0 spiro atoms. The molecule has 1 aromatic carbocycles. The van der Waals surface area contributed by atoms with Crippen LogP contribution in [0.4, 0.5) is 0 Å². The zero-order chi connectivity index (χ0) is 15.2. The molecule has 0 atom stereocenters. The van der Waals surface area contributed by atoms with Gasteiger partial charge >= 0.3 is 0 Å². The van der Waals surface area contributed by atoms with E-state index in [0.717, 1.165) is 29.0 Å². The van der Waals surface area contributed by atoms with Gasteiger partial charge in [0, 0.05) is 12.5 Å². The summed E-state index contributed by atoms with van der Waals surface area (Å²) in [4.78, 5) is 19.3. The van der Waals surface area contributed by atoms with E-state index >= 15 is 0 Å². The molecule has 1 aliphatic heterocycles. The van der Waals surface area contributed by atoms with Crippen LogP contribution >= 0.6 is 0 Å². The molecule has 0 saturated carbocycles. The maximum absolute atomic E-state index is 11.9. The van der Waals surface area contributed by atoms with Gasteiger partial charge in [0.25, 0.3) is 5.56 Å². The second kappa shape index (κ2) is 4.72. The SMILES string of the molecule is CC(C)c1cc(=O)[nH]c(-c2cccc3c2OC(C)(C)C3)n1. The van der Waals surface area contributed by atoms with E-state index in [1.165, 1.54) is 0 Å². The predicted octanol–water partition coefficient (Wildman–Crippen LogP) is 3.27. The second-order valence-electron chi connectivity index (χ2n) is 6.51. The Hall–Kier alpha value is -2.10. The van der Waals surface area contributed by atoms with E-state index in [1.807, 2.05) is 26.0 Å². The molecule has 1 aromatic heterocycles. The van der Waals surface area contributed by atoms with Crippen LogP contribution in [0.1, 0.15) is 44.9 Å². The van der Waals surface area contributed by atoms with Crippen molar-refractivity contribution in [2.24, 2.45) is 0 Å². The lowest BCUT2D eigenvalue weighted by molar-refractivity contribution is 0.139. The fourth-order valence-corrected chi connectivity index (χ4v) is 2.70. The number of nitrogens with one attached hydrogen (secondary N) is 1. The Bertz CT molecular complexity index is 745. The summed E-state index contributed by atoms with van der Waals surface area (Å²) in [5.41, 5.74) is 2.48. The third-order valence-electron chi connectivity index (χ3n) is 3.70. The van der Waals surface area contributed by atoms with Crippen LogP contribution in [0.2, 0.25) is 0 Å². The second-order valence-corrected chi connectivity index (χ2v) is 6.51. The lowest BCUT2D eigenvalue weighted by Gasteiger charge is -2.18. The summed E-state index contributed by atoms with van der Waals surface area (Å²) in [5.74, 6) is 1.63. The van der Waals surface area contributed by atoms with Crippen LogP contribution < -0.4 is 10.3 Å². The van der Waals surface area contributed by atoms with Crippen LogP contribution in [0, 0.1) is 0 Å². The highest BCUT2D eigenvalue weighted by Gasteiger charge is 2.32. The van der Waals surface area contributed by atoms with E-state index < -0.39 is 0 Å². The van der Waals surface area contributed by atoms with Crippen molar-refractivity contribution in [1.29, 1.82) is 0 Å². The Morgan fingerprint density at radius 1 is 1.33 bits per heavy atom. The van der Waals surface area contributed by atoms with Crippen molar-refractivity contribution < 1.29 is 4.74 Å². The summed E-state index contributed by atoms with van der Waals surface area (Å²) in [6.07, 6.45) is 0.865. The summed E-state index contributed by atoms with van der Waals surface area (Å²) in [5, 5.41) is 0. The Labute approximate surface area is 124 Å². The number of aromatic amines is 1. The first-order chi connectivity index (χ1) is 9.85. The fourth-order valence-electron chi connectivity index (χ4n) is 2.70. The number of benzene rings is 1. The Morgan fingerprint density at radius 2 is 2.10 bits per heavy atom. The van der Waals surface area contributed by atoms with E-state index in [1.54, 1.807) is 6.07 Å². The topological polar surface area (TPSA) is 55.0 Å². The summed E-state index contributed by atoms with van der Waals surface area (Å²) in [6.45, 7) is 8.19. The van der Waals surface area contributed by atoms with Crippen molar-refractivity contribution in [2.45, 2.75) is 45.6 Å². The number of nitrogens with zero attached hydrogens (tertiary/aromatic N) is 1. The highest BCUT2D eigenvalue weighted by molar-refractivity contribution is 5.68. The number of hydrogen-bond donors (Lipinski definition) is 1. The van der Waals surface area contributed by atoms with E-state index in [4.69, 9.17) is 4.74 Å². The molecular formula is C17H20N2O2. The van der Waals surface area contributed by atoms with Gasteiger partial charge in [-0.3, -0.25) is 4.79 Å². The Morgan fingerprint density at radius 3 is 2.81 bits per heavy atom. The number of aromatic nitrogens is 2. The summed E-state index contributed by atoms with van der Waals surface area (Å²) >= 11 is 0. The standard InChI is InChI=1S/C17H20N2O2/c1-10(2)13-8-14(20)19-16(18-13)12-7-5-6-11-9-17(3,4)21-15(11)12/h5-8,10H,9H2,1-4H3,(H,18,19,20). The largest absolute Gasteiger partial charge is 0.486 e. The molecule has 4 heteroatoms. The van der Waals surface area contributed by atoms with Crippen molar-refractivity contribution in [3.63, 3.8) is 0 Å². The number of ether oxygens (including phenoxy) is 1. The smallest absolute Gasteiger partial charge is 0.251 e. The van der Waals surface area contributed by atoms with Gasteiger partial charge in [0.15, 0.2) is 0 Å². The molecule has 21 heavy (non-hydrogen) atoms. The van der Waals surface area contributed by atoms with Crippen molar-refractivity contribution in [3.8, 4) is 17.1 Å². The third kappa shape index (κ3) is 2.58. The van der Waals surface area contributed by atoms with E-state index in [2.05, 4.69) is 29.9 Å². The first-order valence-electron chi connectivity index (χ1n) is 7.28. The van der Waals surface area contributed by atoms with Gasteiger partial charge in [0.05, 0.1) is 11.3 Å². The molecule has 1 N–H and O–H groups in total. The average Bonchev–Trinajstić information content (AvgIpc) is 2.71. The lowest BCUT2D eigenvalue weighted by atomic mass is 10.0. The van der Waals surface area contributed by atoms with Crippen LogP contribution in [0.25, 0.3) is 11.4 Å². The summed E-state index contributed by atoms with van der Waals surface area (Å²) in [7, 11) is 0. The number of para-hydroxylation sites is 1. The highest BCUT2D eigenvalue weighted by atomic mass is 16.5. The van der Waals surface area contributed by atoms with Crippen molar-refractivity contribution >= 4 is 0 Å². The number of hydrogen-bond acceptors (Lipinski definition) is 3. The maximum Gasteiger partial charge on any atom is 0.251 e. The van der Waals surface area contributed by atoms with Gasteiger partial charge in [-0.2, -0.15) is 0 Å². The van der Waals surface area contributed by atoms with Gasteiger partial charge in [-0.1, -0.05) is 26.0 Å². The van der Waals surface area contributed by atoms with Gasteiger partial charge in [-0.05, 0) is 31.4 Å². The lowest BCUT2D eigenvalue weighted by Crippen LogP contribution is -2.24. The van der Waals surface area contributed by atoms with E-state index in [0.29, 0.717) is 5.82 Å². The molecule has 3 rings (SSSR count). The van der Waals surface area contributed by atoms with Gasteiger partial charge in [-0.15, -0.1) is 0 Å². The predicted molar refractivity (Wildman–Crippen MR) is 82.8 cm³/mol. The molecule has 0 radical (unpaired) electrons. The molecule has 2 aromatic rings. The molecule has 0 fully saturated rings. The van der Waals surface area contributed by atoms with Gasteiger partial charge in [0.2, 0.25) is 0 Å². The van der Waals surface area contributed by atoms with Gasteiger partial charge in [0.1, 0.15) is 17.2 Å². The van der Waals surface area contributed by atoms with Crippen LogP contribution in [0.15, 0.2) is 29.1 Å². The Balaban J connectivity index is 2.16. The van der Waals surface area contributed by atoms with Gasteiger partial charge < -0.3 is 9.72 Å². The molecule has 0 saturated heterocycles. The minimum atomic E-state index is -0.214. The summed E-state index contributed by atoms with van der Waals surface area (Å²) < 4.78 is 6.06. The van der Waals surface area contributed by atoms with Gasteiger partial charge in [-0.25, -0.2) is 4.98 Å². The molecule has 0 amide bonds. The van der Waals surface area contributed by atoms with Crippen LogP contribution in [0.3, 0.4) is 0 Å². The highest BCUT2D eigenvalue weighted by Crippen LogP contribution is 2.41.